The van der Waals surface area contributed by atoms with Crippen LogP contribution in [0, 0.1) is 0 Å². The molecule has 6 aromatic rings. The molecular weight excluding hydrogens is 625 g/mol. The largest absolute Gasteiger partial charge is 0.363 e. The third kappa shape index (κ3) is 10.4. The van der Waals surface area contributed by atoms with Crippen LogP contribution in [-0.4, -0.2) is 39.8 Å². The van der Waals surface area contributed by atoms with Gasteiger partial charge in [-0.3, -0.25) is 10.6 Å². The van der Waals surface area contributed by atoms with Crippen molar-refractivity contribution in [3.8, 4) is 0 Å². The highest BCUT2D eigenvalue weighted by atomic mass is 16.5. The Bertz CT molecular complexity index is 1750. The third-order valence-corrected chi connectivity index (χ3v) is 10.2. The van der Waals surface area contributed by atoms with E-state index >= 15 is 0 Å². The monoisotopic (exact) mass is 678 g/mol. The molecule has 0 saturated carbocycles. The van der Waals surface area contributed by atoms with Crippen LogP contribution in [0.5, 0.6) is 0 Å². The van der Waals surface area contributed by atoms with E-state index in [1.54, 1.807) is 0 Å². The number of hydrogen-bond donors (Lipinski definition) is 2. The maximum atomic E-state index is 6.57. The van der Waals surface area contributed by atoms with Crippen molar-refractivity contribution >= 4 is 21.5 Å². The Hall–Kier alpha value is -4.32. The summed E-state index contributed by atoms with van der Waals surface area (Å²) in [5.41, 5.74) is 5.27. The maximum Gasteiger partial charge on any atom is 0.115 e. The van der Waals surface area contributed by atoms with Crippen LogP contribution in [0.15, 0.2) is 146 Å². The van der Waals surface area contributed by atoms with Crippen molar-refractivity contribution in [2.24, 2.45) is 0 Å². The van der Waals surface area contributed by atoms with E-state index in [-0.39, 0.29) is 24.3 Å². The van der Waals surface area contributed by atoms with E-state index < -0.39 is 0 Å². The van der Waals surface area contributed by atoms with Gasteiger partial charge in [0.15, 0.2) is 0 Å². The van der Waals surface area contributed by atoms with E-state index in [1.807, 2.05) is 14.1 Å². The van der Waals surface area contributed by atoms with Gasteiger partial charge in [-0.25, -0.2) is 0 Å². The first-order valence-corrected chi connectivity index (χ1v) is 18.8. The molecule has 4 heteroatoms. The fourth-order valence-electron chi connectivity index (χ4n) is 7.37. The van der Waals surface area contributed by atoms with Gasteiger partial charge in [0.2, 0.25) is 0 Å². The normalized spacial score (nSPS) is 14.0. The minimum absolute atomic E-state index is 0.0651. The summed E-state index contributed by atoms with van der Waals surface area (Å²) in [6.07, 6.45) is 7.30. The van der Waals surface area contributed by atoms with Gasteiger partial charge in [0.25, 0.3) is 0 Å². The Morgan fingerprint density at radius 1 is 0.412 bits per heavy atom. The Labute approximate surface area is 305 Å². The molecule has 6 aromatic carbocycles. The highest BCUT2D eigenvalue weighted by molar-refractivity contribution is 5.84. The molecule has 0 aliphatic carbocycles. The van der Waals surface area contributed by atoms with E-state index in [1.165, 1.54) is 50.2 Å². The zero-order valence-electron chi connectivity index (χ0n) is 30.3. The van der Waals surface area contributed by atoms with E-state index in [0.717, 1.165) is 51.7 Å². The zero-order valence-corrected chi connectivity index (χ0v) is 30.3. The number of unbranched alkanes of at least 4 members (excludes halogenated alkanes) is 4. The summed E-state index contributed by atoms with van der Waals surface area (Å²) in [5.74, 6) is 0.416. The van der Waals surface area contributed by atoms with Crippen LogP contribution in [0.2, 0.25) is 0 Å². The first-order valence-electron chi connectivity index (χ1n) is 18.8. The van der Waals surface area contributed by atoms with Gasteiger partial charge < -0.3 is 9.47 Å². The Balaban J connectivity index is 0.978. The van der Waals surface area contributed by atoms with Crippen LogP contribution in [0.25, 0.3) is 21.5 Å². The first-order chi connectivity index (χ1) is 25.2. The van der Waals surface area contributed by atoms with Crippen molar-refractivity contribution in [1.82, 2.24) is 10.6 Å². The molecule has 0 aliphatic rings. The van der Waals surface area contributed by atoms with E-state index in [2.05, 4.69) is 156 Å². The second-order valence-corrected chi connectivity index (χ2v) is 13.7. The molecule has 0 heterocycles. The number of nitrogens with one attached hydrogen (secondary N) is 2. The molecule has 2 N–H and O–H groups in total. The number of hydrogen-bond acceptors (Lipinski definition) is 4. The van der Waals surface area contributed by atoms with Crippen LogP contribution in [0.3, 0.4) is 0 Å². The Morgan fingerprint density at radius 3 is 1.20 bits per heavy atom. The number of ether oxygens (including phenoxy) is 2. The van der Waals surface area contributed by atoms with Crippen molar-refractivity contribution in [1.29, 1.82) is 0 Å². The van der Waals surface area contributed by atoms with Crippen molar-refractivity contribution in [3.63, 3.8) is 0 Å². The van der Waals surface area contributed by atoms with Crippen LogP contribution < -0.4 is 10.6 Å². The number of fused-ring (bicyclic) bond motifs is 2. The van der Waals surface area contributed by atoms with Gasteiger partial charge in [0.05, 0.1) is 0 Å². The van der Waals surface area contributed by atoms with Gasteiger partial charge in [0.1, 0.15) is 12.5 Å². The van der Waals surface area contributed by atoms with Gasteiger partial charge in [-0.2, -0.15) is 0 Å². The van der Waals surface area contributed by atoms with Gasteiger partial charge in [-0.05, 0) is 83.6 Å². The summed E-state index contributed by atoms with van der Waals surface area (Å²) in [6, 6.07) is 52.4. The third-order valence-electron chi connectivity index (χ3n) is 10.2. The summed E-state index contributed by atoms with van der Waals surface area (Å²) in [6.45, 7) is 1.49. The lowest BCUT2D eigenvalue weighted by Crippen LogP contribution is -2.36. The number of benzene rings is 6. The van der Waals surface area contributed by atoms with Gasteiger partial charge in [-0.15, -0.1) is 0 Å². The minimum Gasteiger partial charge on any atom is -0.363 e. The van der Waals surface area contributed by atoms with Crippen LogP contribution in [0.1, 0.15) is 66.2 Å². The highest BCUT2D eigenvalue weighted by Crippen LogP contribution is 2.30. The molecule has 4 atom stereocenters. The van der Waals surface area contributed by atoms with Gasteiger partial charge >= 0.3 is 0 Å². The van der Waals surface area contributed by atoms with E-state index in [9.17, 15) is 0 Å². The molecule has 51 heavy (non-hydrogen) atoms. The smallest absolute Gasteiger partial charge is 0.115 e. The number of likely N-dealkylation sites (N-methyl/N-ethyl adjacent to an activating group) is 2. The molecule has 4 nitrogen and oxygen atoms in total. The van der Waals surface area contributed by atoms with Crippen molar-refractivity contribution in [2.75, 3.05) is 27.3 Å². The predicted molar refractivity (Wildman–Crippen MR) is 214 cm³/mol. The minimum atomic E-state index is -0.0651. The van der Waals surface area contributed by atoms with E-state index in [0.29, 0.717) is 0 Å². The number of rotatable bonds is 20. The lowest BCUT2D eigenvalue weighted by molar-refractivity contribution is 0.0113. The molecule has 0 amide bonds. The van der Waals surface area contributed by atoms with Crippen molar-refractivity contribution in [3.05, 3.63) is 168 Å². The second kappa shape index (κ2) is 19.3. The molecule has 0 aromatic heterocycles. The van der Waals surface area contributed by atoms with Crippen LogP contribution in [-0.2, 0) is 22.3 Å². The summed E-state index contributed by atoms with van der Waals surface area (Å²) in [7, 11) is 4.04. The average Bonchev–Trinajstić information content (AvgIpc) is 3.19. The van der Waals surface area contributed by atoms with Gasteiger partial charge in [0, 0.05) is 25.0 Å². The topological polar surface area (TPSA) is 42.5 Å². The molecule has 4 unspecified atom stereocenters. The fraction of sp³-hybridized carbons (Fsp3) is 0.319. The second-order valence-electron chi connectivity index (χ2n) is 13.7. The first kappa shape index (κ1) is 36.5. The molecule has 0 aliphatic heterocycles. The van der Waals surface area contributed by atoms with Gasteiger partial charge in [-0.1, -0.05) is 165 Å². The fourth-order valence-corrected chi connectivity index (χ4v) is 7.37. The predicted octanol–water partition coefficient (Wildman–Crippen LogP) is 10.4. The van der Waals surface area contributed by atoms with Crippen LogP contribution in [0.4, 0.5) is 0 Å². The maximum absolute atomic E-state index is 6.57. The molecule has 0 saturated heterocycles. The summed E-state index contributed by atoms with van der Waals surface area (Å²) >= 11 is 0. The quantitative estimate of drug-likeness (QED) is 0.0623. The molecule has 0 spiro atoms. The zero-order chi connectivity index (χ0) is 35.1. The SMILES string of the molecule is CNC(OCCCCCCCOC(NC)C(Cc1ccccc1)c1ccc2ccccc2c1)C(Cc1ccccc1)c1ccc2ccccc2c1. The molecular formula is C47H54N2O2. The molecule has 0 radical (unpaired) electrons. The molecule has 0 fully saturated rings. The average molecular weight is 679 g/mol. The molecule has 6 rings (SSSR count). The summed E-state index contributed by atoms with van der Waals surface area (Å²) in [5, 5.41) is 12.1. The lowest BCUT2D eigenvalue weighted by Gasteiger charge is -2.28. The highest BCUT2D eigenvalue weighted by Gasteiger charge is 2.25. The molecule has 0 bridgehead atoms. The van der Waals surface area contributed by atoms with Crippen LogP contribution >= 0.6 is 0 Å². The van der Waals surface area contributed by atoms with Crippen molar-refractivity contribution < 1.29 is 9.47 Å². The Morgan fingerprint density at radius 2 is 0.784 bits per heavy atom. The summed E-state index contributed by atoms with van der Waals surface area (Å²) < 4.78 is 13.1. The van der Waals surface area contributed by atoms with E-state index in [4.69, 9.17) is 9.47 Å². The lowest BCUT2D eigenvalue weighted by atomic mass is 9.89. The summed E-state index contributed by atoms with van der Waals surface area (Å²) in [4.78, 5) is 0. The molecule has 264 valence electrons. The Kier molecular flexibility index (Phi) is 13.8. The van der Waals surface area contributed by atoms with Crippen molar-refractivity contribution in [2.45, 2.75) is 69.2 Å². The standard InChI is InChI=1S/C47H54N2O2/c1-48-46(44(32-36-18-8-6-9-19-36)42-28-26-38-22-12-14-24-40(38)34-42)50-30-16-4-3-5-17-31-51-47(49-2)45(33-37-20-10-7-11-21-37)43-29-27-39-23-13-15-25-41(39)35-43/h6-15,18-29,34-35,44-49H,3-5,16-17,30-33H2,1-2H3.